The summed E-state index contributed by atoms with van der Waals surface area (Å²) >= 11 is 5.83. The molecule has 3 nitrogen and oxygen atoms in total. The van der Waals surface area contributed by atoms with Gasteiger partial charge in [-0.2, -0.15) is 13.2 Å². The quantitative estimate of drug-likeness (QED) is 0.861. The Morgan fingerprint density at radius 1 is 1.50 bits per heavy atom. The zero-order chi connectivity index (χ0) is 13.8. The van der Waals surface area contributed by atoms with Gasteiger partial charge in [0.05, 0.1) is 10.6 Å². The average molecular weight is 281 g/mol. The van der Waals surface area contributed by atoms with Crippen LogP contribution in [0.3, 0.4) is 0 Å². The van der Waals surface area contributed by atoms with E-state index in [-0.39, 0.29) is 23.6 Å². The molecule has 1 aromatic rings. The van der Waals surface area contributed by atoms with Crippen molar-refractivity contribution in [3.05, 3.63) is 28.5 Å². The molecular weight excluding hydrogens is 269 g/mol. The summed E-state index contributed by atoms with van der Waals surface area (Å²) in [6.45, 7) is 1.67. The first-order valence-electron chi connectivity index (χ1n) is 5.26. The van der Waals surface area contributed by atoms with Crippen molar-refractivity contribution in [2.45, 2.75) is 25.9 Å². The third-order valence-corrected chi connectivity index (χ3v) is 2.47. The van der Waals surface area contributed by atoms with Gasteiger partial charge in [0.25, 0.3) is 5.91 Å². The molecule has 18 heavy (non-hydrogen) atoms. The lowest BCUT2D eigenvalue weighted by molar-refractivity contribution is -0.135. The number of amides is 1. The van der Waals surface area contributed by atoms with E-state index in [0.717, 1.165) is 0 Å². The Bertz CT molecular complexity index is 435. The first-order valence-corrected chi connectivity index (χ1v) is 5.64. The van der Waals surface area contributed by atoms with Crippen LogP contribution in [0.15, 0.2) is 12.3 Å². The van der Waals surface area contributed by atoms with Crippen LogP contribution in [-0.2, 0) is 0 Å². The number of aromatic nitrogens is 1. The average Bonchev–Trinajstić information content (AvgIpc) is 2.22. The lowest BCUT2D eigenvalue weighted by Crippen LogP contribution is -2.26. The fourth-order valence-corrected chi connectivity index (χ4v) is 1.57. The zero-order valence-corrected chi connectivity index (χ0v) is 10.4. The fourth-order valence-electron chi connectivity index (χ4n) is 1.28. The molecule has 0 atom stereocenters. The van der Waals surface area contributed by atoms with Gasteiger partial charge in [-0.3, -0.25) is 9.78 Å². The Kier molecular flexibility index (Phi) is 4.95. The molecule has 0 bridgehead atoms. The number of nitrogens with one attached hydrogen (secondary N) is 1. The first kappa shape index (κ1) is 14.8. The highest BCUT2D eigenvalue weighted by Gasteiger charge is 2.26. The number of pyridine rings is 1. The number of nitrogens with zero attached hydrogens (tertiary/aromatic N) is 1. The highest BCUT2D eigenvalue weighted by Crippen LogP contribution is 2.21. The molecule has 0 radical (unpaired) electrons. The molecule has 7 heteroatoms. The minimum atomic E-state index is -4.20. The third-order valence-electron chi connectivity index (χ3n) is 2.16. The highest BCUT2D eigenvalue weighted by molar-refractivity contribution is 6.33. The summed E-state index contributed by atoms with van der Waals surface area (Å²) in [7, 11) is 0. The second-order valence-corrected chi connectivity index (χ2v) is 4.19. The van der Waals surface area contributed by atoms with E-state index < -0.39 is 18.5 Å². The minimum Gasteiger partial charge on any atom is -0.352 e. The number of carbonyl (C=O) groups is 1. The minimum absolute atomic E-state index is 0.0530. The molecular formula is C11H12ClF3N2O. The van der Waals surface area contributed by atoms with Gasteiger partial charge in [0.15, 0.2) is 0 Å². The van der Waals surface area contributed by atoms with Gasteiger partial charge >= 0.3 is 6.18 Å². The van der Waals surface area contributed by atoms with Gasteiger partial charge in [-0.1, -0.05) is 11.6 Å². The van der Waals surface area contributed by atoms with E-state index in [4.69, 9.17) is 11.6 Å². The van der Waals surface area contributed by atoms with Crippen LogP contribution in [-0.4, -0.2) is 23.6 Å². The fraction of sp³-hybridized carbons (Fsp3) is 0.455. The standard InChI is InChI=1S/C11H12ClF3N2O/c1-7-5-9(12)8(6-17-7)10(18)16-4-2-3-11(13,14)15/h5-6H,2-4H2,1H3,(H,16,18). The van der Waals surface area contributed by atoms with E-state index in [2.05, 4.69) is 10.3 Å². The smallest absolute Gasteiger partial charge is 0.352 e. The van der Waals surface area contributed by atoms with Gasteiger partial charge in [0, 0.05) is 24.9 Å². The molecule has 0 saturated heterocycles. The van der Waals surface area contributed by atoms with Crippen LogP contribution >= 0.6 is 11.6 Å². The van der Waals surface area contributed by atoms with Gasteiger partial charge < -0.3 is 5.32 Å². The number of aryl methyl sites for hydroxylation is 1. The molecule has 1 amide bonds. The van der Waals surface area contributed by atoms with Gasteiger partial charge in [-0.25, -0.2) is 0 Å². The summed E-state index contributed by atoms with van der Waals surface area (Å²) in [6.07, 6.45) is -3.98. The maximum absolute atomic E-state index is 11.9. The molecule has 0 aliphatic rings. The molecule has 1 N–H and O–H groups in total. The SMILES string of the molecule is Cc1cc(Cl)c(C(=O)NCCCC(F)(F)F)cn1. The number of alkyl halides is 3. The topological polar surface area (TPSA) is 42.0 Å². The zero-order valence-electron chi connectivity index (χ0n) is 9.64. The van der Waals surface area contributed by atoms with Crippen LogP contribution < -0.4 is 5.32 Å². The second kappa shape index (κ2) is 6.04. The predicted octanol–water partition coefficient (Wildman–Crippen LogP) is 3.12. The normalized spacial score (nSPS) is 11.4. The van der Waals surface area contributed by atoms with Gasteiger partial charge in [0.2, 0.25) is 0 Å². The molecule has 0 aliphatic carbocycles. The summed E-state index contributed by atoms with van der Waals surface area (Å²) in [4.78, 5) is 15.5. The molecule has 1 heterocycles. The molecule has 0 saturated carbocycles. The molecule has 100 valence electrons. The van der Waals surface area contributed by atoms with E-state index in [9.17, 15) is 18.0 Å². The first-order chi connectivity index (χ1) is 8.29. The predicted molar refractivity (Wildman–Crippen MR) is 61.6 cm³/mol. The maximum Gasteiger partial charge on any atom is 0.389 e. The van der Waals surface area contributed by atoms with E-state index in [0.29, 0.717) is 5.69 Å². The molecule has 1 rings (SSSR count). The summed E-state index contributed by atoms with van der Waals surface area (Å²) < 4.78 is 35.6. The molecule has 0 fully saturated rings. The molecule has 0 unspecified atom stereocenters. The number of halogens is 4. The maximum atomic E-state index is 11.9. The number of rotatable bonds is 4. The Morgan fingerprint density at radius 3 is 2.72 bits per heavy atom. The van der Waals surface area contributed by atoms with Crippen molar-refractivity contribution in [1.29, 1.82) is 0 Å². The van der Waals surface area contributed by atoms with Crippen molar-refractivity contribution in [3.8, 4) is 0 Å². The summed E-state index contributed by atoms with van der Waals surface area (Å²) in [6, 6.07) is 1.52. The molecule has 1 aromatic heterocycles. The van der Waals surface area contributed by atoms with Gasteiger partial charge in [-0.05, 0) is 19.4 Å². The van der Waals surface area contributed by atoms with E-state index in [1.807, 2.05) is 0 Å². The molecule has 0 aromatic carbocycles. The Morgan fingerprint density at radius 2 is 2.17 bits per heavy atom. The van der Waals surface area contributed by atoms with Crippen LogP contribution in [0.4, 0.5) is 13.2 Å². The van der Waals surface area contributed by atoms with Crippen molar-refractivity contribution >= 4 is 17.5 Å². The van der Waals surface area contributed by atoms with Crippen molar-refractivity contribution in [3.63, 3.8) is 0 Å². The summed E-state index contributed by atoms with van der Waals surface area (Å²) in [5.74, 6) is -0.519. The molecule has 0 aliphatic heterocycles. The van der Waals surface area contributed by atoms with Gasteiger partial charge in [-0.15, -0.1) is 0 Å². The number of hydrogen-bond donors (Lipinski definition) is 1. The lowest BCUT2D eigenvalue weighted by atomic mass is 10.2. The van der Waals surface area contributed by atoms with Crippen LogP contribution in [0.5, 0.6) is 0 Å². The van der Waals surface area contributed by atoms with Crippen molar-refractivity contribution in [2.75, 3.05) is 6.54 Å². The number of carbonyl (C=O) groups excluding carboxylic acids is 1. The van der Waals surface area contributed by atoms with Crippen LogP contribution in [0.25, 0.3) is 0 Å². The van der Waals surface area contributed by atoms with Crippen molar-refractivity contribution in [1.82, 2.24) is 10.3 Å². The Balaban J connectivity index is 2.46. The lowest BCUT2D eigenvalue weighted by Gasteiger charge is -2.08. The van der Waals surface area contributed by atoms with E-state index in [1.54, 1.807) is 6.92 Å². The second-order valence-electron chi connectivity index (χ2n) is 3.78. The van der Waals surface area contributed by atoms with Crippen molar-refractivity contribution < 1.29 is 18.0 Å². The third kappa shape index (κ3) is 4.91. The molecule has 0 spiro atoms. The summed E-state index contributed by atoms with van der Waals surface area (Å²) in [5, 5.41) is 2.60. The van der Waals surface area contributed by atoms with Crippen LogP contribution in [0, 0.1) is 6.92 Å². The van der Waals surface area contributed by atoms with E-state index >= 15 is 0 Å². The van der Waals surface area contributed by atoms with Crippen LogP contribution in [0.1, 0.15) is 28.9 Å². The Hall–Kier alpha value is -1.30. The number of hydrogen-bond acceptors (Lipinski definition) is 2. The monoisotopic (exact) mass is 280 g/mol. The van der Waals surface area contributed by atoms with Crippen molar-refractivity contribution in [2.24, 2.45) is 0 Å². The highest BCUT2D eigenvalue weighted by atomic mass is 35.5. The van der Waals surface area contributed by atoms with E-state index in [1.165, 1.54) is 12.3 Å². The Labute approximate surface area is 107 Å². The van der Waals surface area contributed by atoms with Crippen LogP contribution in [0.2, 0.25) is 5.02 Å². The van der Waals surface area contributed by atoms with Gasteiger partial charge in [0.1, 0.15) is 0 Å². The summed E-state index contributed by atoms with van der Waals surface area (Å²) in [5.41, 5.74) is 0.822. The largest absolute Gasteiger partial charge is 0.389 e.